The monoisotopic (exact) mass is 627 g/mol. The van der Waals surface area contributed by atoms with Gasteiger partial charge in [0.1, 0.15) is 0 Å². The van der Waals surface area contributed by atoms with Crippen LogP contribution in [0.3, 0.4) is 0 Å². The number of hydrogen-bond acceptors (Lipinski definition) is 4. The van der Waals surface area contributed by atoms with Gasteiger partial charge in [-0.1, -0.05) is 24.3 Å². The largest absolute Gasteiger partial charge is 0.453 e. The summed E-state index contributed by atoms with van der Waals surface area (Å²) >= 11 is 0. The zero-order valence-electron chi connectivity index (χ0n) is 24.7. The maximum Gasteiger partial charge on any atom is 0.416 e. The average Bonchev–Trinajstić information content (AvgIpc) is 2.99. The summed E-state index contributed by atoms with van der Waals surface area (Å²) in [4.78, 5) is 43.6. The van der Waals surface area contributed by atoms with Gasteiger partial charge in [-0.25, -0.2) is 4.79 Å². The lowest BCUT2D eigenvalue weighted by molar-refractivity contribution is -0.144. The number of amides is 3. The first-order chi connectivity index (χ1) is 20.6. The van der Waals surface area contributed by atoms with Gasteiger partial charge in [-0.3, -0.25) is 9.59 Å². The number of carbonyl (C=O) groups is 3. The van der Waals surface area contributed by atoms with E-state index in [1.54, 1.807) is 9.80 Å². The van der Waals surface area contributed by atoms with Crippen molar-refractivity contribution in [2.75, 3.05) is 40.3 Å². The second kappa shape index (κ2) is 13.1. The number of ether oxygens (including phenoxy) is 1. The fourth-order valence-corrected chi connectivity index (χ4v) is 6.21. The Labute approximate surface area is 251 Å². The molecule has 2 aromatic rings. The molecule has 2 fully saturated rings. The summed E-state index contributed by atoms with van der Waals surface area (Å²) in [6.45, 7) is 2.69. The number of alkyl halides is 6. The zero-order valence-corrected chi connectivity index (χ0v) is 24.7. The smallest absolute Gasteiger partial charge is 0.416 e. The van der Waals surface area contributed by atoms with Crippen LogP contribution in [0.5, 0.6) is 0 Å². The predicted molar refractivity (Wildman–Crippen MR) is 148 cm³/mol. The molecule has 2 saturated heterocycles. The highest BCUT2D eigenvalue weighted by Crippen LogP contribution is 2.39. The molecule has 2 atom stereocenters. The van der Waals surface area contributed by atoms with Gasteiger partial charge in [0, 0.05) is 57.5 Å². The van der Waals surface area contributed by atoms with E-state index in [0.29, 0.717) is 38.1 Å². The second-order valence-corrected chi connectivity index (χ2v) is 11.5. The molecule has 0 bridgehead atoms. The molecular weight excluding hydrogens is 592 g/mol. The molecule has 2 heterocycles. The van der Waals surface area contributed by atoms with Crippen molar-refractivity contribution in [3.8, 4) is 0 Å². The van der Waals surface area contributed by atoms with Crippen LogP contribution < -0.4 is 0 Å². The van der Waals surface area contributed by atoms with E-state index in [4.69, 9.17) is 4.74 Å². The first kappa shape index (κ1) is 33.1. The highest BCUT2D eigenvalue weighted by Gasteiger charge is 2.41. The molecule has 44 heavy (non-hydrogen) atoms. The third-order valence-electron chi connectivity index (χ3n) is 8.55. The first-order valence-electron chi connectivity index (χ1n) is 14.3. The molecule has 3 amide bonds. The molecule has 0 aromatic heterocycles. The van der Waals surface area contributed by atoms with Crippen molar-refractivity contribution in [2.24, 2.45) is 11.8 Å². The van der Waals surface area contributed by atoms with E-state index in [-0.39, 0.29) is 43.0 Å². The maximum atomic E-state index is 13.8. The van der Waals surface area contributed by atoms with Crippen LogP contribution in [0.15, 0.2) is 42.5 Å². The minimum atomic E-state index is -5.00. The minimum absolute atomic E-state index is 0.0611. The van der Waals surface area contributed by atoms with Crippen molar-refractivity contribution in [1.29, 1.82) is 0 Å². The lowest BCUT2D eigenvalue weighted by atomic mass is 9.77. The molecule has 2 aromatic carbocycles. The highest BCUT2D eigenvalue weighted by atomic mass is 19.4. The van der Waals surface area contributed by atoms with E-state index in [9.17, 15) is 40.7 Å². The Bertz CT molecular complexity index is 1340. The van der Waals surface area contributed by atoms with Crippen molar-refractivity contribution < 1.29 is 45.5 Å². The Morgan fingerprint density at radius 3 is 2.00 bits per heavy atom. The van der Waals surface area contributed by atoms with Crippen molar-refractivity contribution in [1.82, 2.24) is 14.7 Å². The molecule has 4 rings (SSSR count). The number of aryl methyl sites for hydroxylation is 1. The molecule has 2 aliphatic rings. The summed E-state index contributed by atoms with van der Waals surface area (Å²) in [6, 6.07) is 8.73. The summed E-state index contributed by atoms with van der Waals surface area (Å²) in [5, 5.41) is 0. The number of piperidine rings is 2. The van der Waals surface area contributed by atoms with Crippen molar-refractivity contribution in [2.45, 2.75) is 51.0 Å². The predicted octanol–water partition coefficient (Wildman–Crippen LogP) is 6.10. The van der Waals surface area contributed by atoms with E-state index in [0.717, 1.165) is 16.0 Å². The molecule has 0 aliphatic carbocycles. The van der Waals surface area contributed by atoms with E-state index in [1.807, 2.05) is 31.2 Å². The van der Waals surface area contributed by atoms with Gasteiger partial charge in [-0.15, -0.1) is 0 Å². The van der Waals surface area contributed by atoms with Gasteiger partial charge < -0.3 is 19.4 Å². The number of nitrogens with zero attached hydrogens (tertiary/aromatic N) is 3. The first-order valence-corrected chi connectivity index (χ1v) is 14.3. The molecule has 0 N–H and O–H groups in total. The molecule has 13 heteroatoms. The molecular formula is C31H35F6N3O4. The van der Waals surface area contributed by atoms with E-state index in [1.165, 1.54) is 14.2 Å². The standard InChI is InChI=1S/C31H35F6N3O4/c1-19-6-4-5-7-24(19)26-18-40(27(41)21-8-11-39(12-9-21)29(43)44-3)13-10-25(26)28(42)38(2)17-20-14-22(30(32,33)34)16-23(15-20)31(35,36)37/h4-7,14-16,21,25-26H,8-13,17-18H2,1-3H3. The Morgan fingerprint density at radius 1 is 0.886 bits per heavy atom. The van der Waals surface area contributed by atoms with Gasteiger partial charge in [-0.2, -0.15) is 26.3 Å². The van der Waals surface area contributed by atoms with Crippen LogP contribution >= 0.6 is 0 Å². The molecule has 0 radical (unpaired) electrons. The fourth-order valence-electron chi connectivity index (χ4n) is 6.21. The Morgan fingerprint density at radius 2 is 1.45 bits per heavy atom. The van der Waals surface area contributed by atoms with Crippen molar-refractivity contribution >= 4 is 17.9 Å². The Kier molecular flexibility index (Phi) is 9.84. The molecule has 7 nitrogen and oxygen atoms in total. The van der Waals surface area contributed by atoms with Crippen LogP contribution in [0.1, 0.15) is 53.0 Å². The van der Waals surface area contributed by atoms with Crippen LogP contribution in [0, 0.1) is 18.8 Å². The van der Waals surface area contributed by atoms with Crippen LogP contribution in [0.25, 0.3) is 0 Å². The lowest BCUT2D eigenvalue weighted by Crippen LogP contribution is -2.50. The summed E-state index contributed by atoms with van der Waals surface area (Å²) in [5.41, 5.74) is -1.43. The topological polar surface area (TPSA) is 70.2 Å². The number of halogens is 6. The zero-order chi connectivity index (χ0) is 32.4. The van der Waals surface area contributed by atoms with Gasteiger partial charge in [0.15, 0.2) is 0 Å². The van der Waals surface area contributed by atoms with Crippen molar-refractivity contribution in [3.05, 3.63) is 70.3 Å². The maximum absolute atomic E-state index is 13.8. The van der Waals surface area contributed by atoms with Gasteiger partial charge in [0.2, 0.25) is 11.8 Å². The number of likely N-dealkylation sites (tertiary alicyclic amines) is 2. The number of methoxy groups -OCH3 is 1. The van der Waals surface area contributed by atoms with Crippen LogP contribution in [0.4, 0.5) is 31.1 Å². The molecule has 2 unspecified atom stereocenters. The Hall–Kier alpha value is -3.77. The van der Waals surface area contributed by atoms with Crippen LogP contribution in [-0.2, 0) is 33.2 Å². The van der Waals surface area contributed by atoms with E-state index >= 15 is 0 Å². The number of hydrogen-bond donors (Lipinski definition) is 0. The van der Waals surface area contributed by atoms with E-state index < -0.39 is 53.9 Å². The van der Waals surface area contributed by atoms with Crippen molar-refractivity contribution in [3.63, 3.8) is 0 Å². The van der Waals surface area contributed by atoms with E-state index in [2.05, 4.69) is 0 Å². The molecule has 240 valence electrons. The normalized spacial score (nSPS) is 19.9. The summed E-state index contributed by atoms with van der Waals surface area (Å²) < 4.78 is 85.2. The highest BCUT2D eigenvalue weighted by molar-refractivity contribution is 5.82. The molecule has 0 saturated carbocycles. The fraction of sp³-hybridized carbons (Fsp3) is 0.516. The SMILES string of the molecule is COC(=O)N1CCC(C(=O)N2CCC(C(=O)N(C)Cc3cc(C(F)(F)F)cc(C(F)(F)F)c3)C(c3ccccc3C)C2)CC1. The van der Waals surface area contributed by atoms with Crippen LogP contribution in [-0.4, -0.2) is 72.9 Å². The lowest BCUT2D eigenvalue weighted by Gasteiger charge is -2.42. The summed E-state index contributed by atoms with van der Waals surface area (Å²) in [7, 11) is 2.66. The summed E-state index contributed by atoms with van der Waals surface area (Å²) in [5.74, 6) is -1.89. The van der Waals surface area contributed by atoms with Gasteiger partial charge in [0.05, 0.1) is 18.2 Å². The number of benzene rings is 2. The number of carbonyl (C=O) groups excluding carboxylic acids is 3. The third-order valence-corrected chi connectivity index (χ3v) is 8.55. The Balaban J connectivity index is 1.54. The second-order valence-electron chi connectivity index (χ2n) is 11.5. The quantitative estimate of drug-likeness (QED) is 0.376. The third kappa shape index (κ3) is 7.47. The van der Waals surface area contributed by atoms with Crippen LogP contribution in [0.2, 0.25) is 0 Å². The summed E-state index contributed by atoms with van der Waals surface area (Å²) in [6.07, 6.45) is -9.22. The van der Waals surface area contributed by atoms with Gasteiger partial charge >= 0.3 is 18.4 Å². The molecule has 0 spiro atoms. The molecule has 2 aliphatic heterocycles. The number of rotatable bonds is 5. The average molecular weight is 628 g/mol. The minimum Gasteiger partial charge on any atom is -0.453 e. The van der Waals surface area contributed by atoms with Gasteiger partial charge in [0.25, 0.3) is 0 Å². The van der Waals surface area contributed by atoms with Gasteiger partial charge in [-0.05, 0) is 61.1 Å².